The largest absolute Gasteiger partial charge is 0.304 e. The number of amides is 1. The fraction of sp³-hybridized carbons (Fsp3) is 0.316. The minimum Gasteiger partial charge on any atom is -0.304 e. The summed E-state index contributed by atoms with van der Waals surface area (Å²) in [6.07, 6.45) is 3.26. The van der Waals surface area contributed by atoms with Crippen molar-refractivity contribution in [3.8, 4) is 11.3 Å². The number of hydrogen-bond acceptors (Lipinski definition) is 5. The van der Waals surface area contributed by atoms with Gasteiger partial charge in [-0.1, -0.05) is 11.6 Å². The number of carbonyl (C=O) groups excluding carboxylic acids is 1. The topological polar surface area (TPSA) is 95.5 Å². The van der Waals surface area contributed by atoms with Crippen LogP contribution in [0.4, 0.5) is 5.82 Å². The minimum absolute atomic E-state index is 0.306. The Kier molecular flexibility index (Phi) is 4.62. The average molecular weight is 413 g/mol. The number of aryl methyl sites for hydroxylation is 4. The molecule has 10 heteroatoms. The van der Waals surface area contributed by atoms with Crippen molar-refractivity contribution in [1.29, 1.82) is 0 Å². The van der Waals surface area contributed by atoms with Gasteiger partial charge in [-0.25, -0.2) is 4.98 Å². The second-order valence-electron chi connectivity index (χ2n) is 6.88. The molecule has 29 heavy (non-hydrogen) atoms. The van der Waals surface area contributed by atoms with Gasteiger partial charge in [0.05, 0.1) is 28.5 Å². The maximum absolute atomic E-state index is 13.1. The summed E-state index contributed by atoms with van der Waals surface area (Å²) in [5.74, 6) is -0.0221. The third kappa shape index (κ3) is 3.17. The molecule has 0 saturated carbocycles. The molecule has 4 aromatic heterocycles. The molecule has 4 rings (SSSR count). The maximum atomic E-state index is 13.1. The molecule has 150 valence electrons. The van der Waals surface area contributed by atoms with Crippen LogP contribution in [-0.4, -0.2) is 40.2 Å². The standard InChI is InChI=1S/C19H21ClN8O/c1-6-28-11(3)16(10(2)24-28)15-7-12(13-8-21-27(5)18(13)22-15)19(29)23-17-14(20)9-26(4)25-17/h7-9H,6H2,1-5H3,(H,23,25,29). The molecule has 0 aromatic carbocycles. The maximum Gasteiger partial charge on any atom is 0.257 e. The molecular formula is C19H21ClN8O. The Morgan fingerprint density at radius 1 is 1.24 bits per heavy atom. The van der Waals surface area contributed by atoms with Crippen molar-refractivity contribution in [3.63, 3.8) is 0 Å². The number of hydrogen-bond donors (Lipinski definition) is 1. The van der Waals surface area contributed by atoms with Crippen LogP contribution in [0, 0.1) is 13.8 Å². The second-order valence-corrected chi connectivity index (χ2v) is 7.28. The SMILES string of the molecule is CCn1nc(C)c(-c2cc(C(=O)Nc3nn(C)cc3Cl)c3cnn(C)c3n2)c1C. The van der Waals surface area contributed by atoms with Gasteiger partial charge < -0.3 is 5.32 Å². The zero-order valence-electron chi connectivity index (χ0n) is 16.9. The van der Waals surface area contributed by atoms with Gasteiger partial charge in [0.2, 0.25) is 0 Å². The average Bonchev–Trinajstić information content (AvgIpc) is 3.29. The summed E-state index contributed by atoms with van der Waals surface area (Å²) in [7, 11) is 3.54. The number of anilines is 1. The molecule has 0 bridgehead atoms. The molecule has 1 N–H and O–H groups in total. The van der Waals surface area contributed by atoms with Crippen LogP contribution in [0.1, 0.15) is 28.7 Å². The highest BCUT2D eigenvalue weighted by Crippen LogP contribution is 2.30. The highest BCUT2D eigenvalue weighted by molar-refractivity contribution is 6.33. The molecule has 4 aromatic rings. The van der Waals surface area contributed by atoms with Crippen LogP contribution in [-0.2, 0) is 20.6 Å². The van der Waals surface area contributed by atoms with Gasteiger partial charge in [0.25, 0.3) is 5.91 Å². The van der Waals surface area contributed by atoms with Crippen molar-refractivity contribution in [2.24, 2.45) is 14.1 Å². The first-order valence-corrected chi connectivity index (χ1v) is 9.55. The van der Waals surface area contributed by atoms with Crippen molar-refractivity contribution < 1.29 is 4.79 Å². The lowest BCUT2D eigenvalue weighted by Gasteiger charge is -2.09. The van der Waals surface area contributed by atoms with Crippen molar-refractivity contribution in [2.45, 2.75) is 27.3 Å². The smallest absolute Gasteiger partial charge is 0.257 e. The van der Waals surface area contributed by atoms with Crippen LogP contribution in [0.25, 0.3) is 22.3 Å². The molecule has 1 amide bonds. The Morgan fingerprint density at radius 3 is 2.62 bits per heavy atom. The van der Waals surface area contributed by atoms with E-state index in [0.717, 1.165) is 23.5 Å². The van der Waals surface area contributed by atoms with Crippen LogP contribution >= 0.6 is 11.6 Å². The van der Waals surface area contributed by atoms with Gasteiger partial charge in [0, 0.05) is 38.1 Å². The highest BCUT2D eigenvalue weighted by Gasteiger charge is 2.21. The van der Waals surface area contributed by atoms with Gasteiger partial charge in [-0.2, -0.15) is 15.3 Å². The van der Waals surface area contributed by atoms with Gasteiger partial charge in [0.15, 0.2) is 11.5 Å². The van der Waals surface area contributed by atoms with E-state index in [4.69, 9.17) is 16.6 Å². The number of rotatable bonds is 4. The second kappa shape index (κ2) is 7.00. The van der Waals surface area contributed by atoms with Crippen molar-refractivity contribution >= 4 is 34.4 Å². The number of pyridine rings is 1. The number of carbonyl (C=O) groups is 1. The lowest BCUT2D eigenvalue weighted by Crippen LogP contribution is -2.14. The first-order chi connectivity index (χ1) is 13.8. The third-order valence-electron chi connectivity index (χ3n) is 4.90. The summed E-state index contributed by atoms with van der Waals surface area (Å²) >= 11 is 6.15. The number of nitrogens with zero attached hydrogens (tertiary/aromatic N) is 7. The van der Waals surface area contributed by atoms with Gasteiger partial charge in [-0.05, 0) is 26.8 Å². The van der Waals surface area contributed by atoms with Crippen LogP contribution in [0.3, 0.4) is 0 Å². The third-order valence-corrected chi connectivity index (χ3v) is 5.18. The summed E-state index contributed by atoms with van der Waals surface area (Å²) < 4.78 is 5.12. The predicted octanol–water partition coefficient (Wildman–Crippen LogP) is 3.11. The Hall–Kier alpha value is -3.20. The number of nitrogens with one attached hydrogen (secondary N) is 1. The molecule has 9 nitrogen and oxygen atoms in total. The normalized spacial score (nSPS) is 11.4. The van der Waals surface area contributed by atoms with Crippen molar-refractivity contribution in [1.82, 2.24) is 34.3 Å². The van der Waals surface area contributed by atoms with E-state index in [0.29, 0.717) is 33.1 Å². The molecular weight excluding hydrogens is 392 g/mol. The van der Waals surface area contributed by atoms with E-state index < -0.39 is 0 Å². The number of halogens is 1. The fourth-order valence-electron chi connectivity index (χ4n) is 3.53. The Bertz CT molecular complexity index is 1250. The van der Waals surface area contributed by atoms with E-state index in [2.05, 4.69) is 20.6 Å². The molecule has 0 aliphatic carbocycles. The summed E-state index contributed by atoms with van der Waals surface area (Å²) in [4.78, 5) is 17.9. The molecule has 0 aliphatic heterocycles. The zero-order chi connectivity index (χ0) is 20.9. The van der Waals surface area contributed by atoms with E-state index >= 15 is 0 Å². The Labute approximate surface area is 172 Å². The first kappa shape index (κ1) is 19.1. The molecule has 0 saturated heterocycles. The molecule has 0 spiro atoms. The Morgan fingerprint density at radius 2 is 2.00 bits per heavy atom. The molecule has 0 radical (unpaired) electrons. The van der Waals surface area contributed by atoms with E-state index in [9.17, 15) is 4.79 Å². The van der Waals surface area contributed by atoms with E-state index in [1.54, 1.807) is 41.9 Å². The summed E-state index contributed by atoms with van der Waals surface area (Å²) in [5, 5.41) is 16.8. The fourth-order valence-corrected chi connectivity index (χ4v) is 3.75. The van der Waals surface area contributed by atoms with Crippen molar-refractivity contribution in [3.05, 3.63) is 40.4 Å². The van der Waals surface area contributed by atoms with Crippen LogP contribution in [0.2, 0.25) is 5.02 Å². The summed E-state index contributed by atoms with van der Waals surface area (Å²) in [6, 6.07) is 1.77. The van der Waals surface area contributed by atoms with E-state index in [-0.39, 0.29) is 5.91 Å². The number of aromatic nitrogens is 7. The zero-order valence-corrected chi connectivity index (χ0v) is 17.6. The van der Waals surface area contributed by atoms with Crippen LogP contribution in [0.5, 0.6) is 0 Å². The summed E-state index contributed by atoms with van der Waals surface area (Å²) in [5.41, 5.74) is 4.51. The quantitative estimate of drug-likeness (QED) is 0.555. The molecule has 0 atom stereocenters. The van der Waals surface area contributed by atoms with E-state index in [1.165, 1.54) is 0 Å². The Balaban J connectivity index is 1.87. The monoisotopic (exact) mass is 412 g/mol. The van der Waals surface area contributed by atoms with Crippen LogP contribution in [0.15, 0.2) is 18.5 Å². The predicted molar refractivity (Wildman–Crippen MR) is 111 cm³/mol. The minimum atomic E-state index is -0.328. The first-order valence-electron chi connectivity index (χ1n) is 9.17. The number of fused-ring (bicyclic) bond motifs is 1. The van der Waals surface area contributed by atoms with Crippen molar-refractivity contribution in [2.75, 3.05) is 5.32 Å². The summed E-state index contributed by atoms with van der Waals surface area (Å²) in [6.45, 7) is 6.74. The lowest BCUT2D eigenvalue weighted by atomic mass is 10.0. The lowest BCUT2D eigenvalue weighted by molar-refractivity contribution is 0.102. The van der Waals surface area contributed by atoms with Gasteiger partial charge in [-0.3, -0.25) is 18.8 Å². The van der Waals surface area contributed by atoms with Gasteiger partial charge >= 0.3 is 0 Å². The molecule has 0 aliphatic rings. The molecule has 4 heterocycles. The highest BCUT2D eigenvalue weighted by atomic mass is 35.5. The van der Waals surface area contributed by atoms with Crippen LogP contribution < -0.4 is 5.32 Å². The molecule has 0 unspecified atom stereocenters. The van der Waals surface area contributed by atoms with E-state index in [1.807, 2.05) is 25.5 Å². The van der Waals surface area contributed by atoms with Gasteiger partial charge in [0.1, 0.15) is 5.02 Å². The van der Waals surface area contributed by atoms with Gasteiger partial charge in [-0.15, -0.1) is 0 Å². The molecule has 0 fully saturated rings.